The molecule has 0 amide bonds. The van der Waals surface area contributed by atoms with Gasteiger partial charge in [0.25, 0.3) is 0 Å². The van der Waals surface area contributed by atoms with Crippen molar-refractivity contribution in [2.24, 2.45) is 0 Å². The number of alkyl halides is 6. The van der Waals surface area contributed by atoms with E-state index in [-0.39, 0.29) is 38.3 Å². The number of aromatic amines is 1. The Kier molecular flexibility index (Phi) is 4.80. The van der Waals surface area contributed by atoms with E-state index in [2.05, 4.69) is 35.9 Å². The van der Waals surface area contributed by atoms with Gasteiger partial charge in [0.2, 0.25) is 0 Å². The second-order valence-electron chi connectivity index (χ2n) is 6.27. The fourth-order valence-electron chi connectivity index (χ4n) is 2.90. The van der Waals surface area contributed by atoms with Crippen LogP contribution in [-0.4, -0.2) is 19.9 Å². The van der Waals surface area contributed by atoms with E-state index in [1.54, 1.807) is 0 Å². The lowest BCUT2D eigenvalue weighted by Crippen LogP contribution is -2.08. The quantitative estimate of drug-likeness (QED) is 0.329. The topological polar surface area (TPSA) is 54.5 Å². The lowest BCUT2D eigenvalue weighted by molar-refractivity contribution is -0.138. The Morgan fingerprint density at radius 3 is 2.30 bits per heavy atom. The molecule has 0 radical (unpaired) electrons. The highest BCUT2D eigenvalue weighted by atomic mass is 79.9. The lowest BCUT2D eigenvalue weighted by Gasteiger charge is -2.11. The molecule has 4 rings (SSSR count). The van der Waals surface area contributed by atoms with Gasteiger partial charge in [-0.05, 0) is 52.3 Å². The molecule has 4 aromatic rings. The first-order chi connectivity index (χ1) is 14.0. The average molecular weight is 487 g/mol. The summed E-state index contributed by atoms with van der Waals surface area (Å²) in [6.07, 6.45) is -6.66. The zero-order chi connectivity index (χ0) is 21.7. The van der Waals surface area contributed by atoms with Gasteiger partial charge < -0.3 is 4.98 Å². The average Bonchev–Trinajstić information content (AvgIpc) is 3.12. The van der Waals surface area contributed by atoms with Crippen molar-refractivity contribution in [3.8, 4) is 22.8 Å². The predicted molar refractivity (Wildman–Crippen MR) is 100 cm³/mol. The number of nitrogens with one attached hydrogen (secondary N) is 1. The van der Waals surface area contributed by atoms with E-state index in [0.29, 0.717) is 0 Å². The number of halogens is 7. The van der Waals surface area contributed by atoms with Crippen molar-refractivity contribution in [1.29, 1.82) is 0 Å². The van der Waals surface area contributed by atoms with Crippen LogP contribution in [0.5, 0.6) is 0 Å². The summed E-state index contributed by atoms with van der Waals surface area (Å²) in [6, 6.07) is 6.77. The maximum absolute atomic E-state index is 13.2. The minimum Gasteiger partial charge on any atom is -0.337 e. The molecule has 0 aliphatic heterocycles. The van der Waals surface area contributed by atoms with Crippen molar-refractivity contribution in [3.63, 3.8) is 0 Å². The van der Waals surface area contributed by atoms with Crippen molar-refractivity contribution in [1.82, 2.24) is 19.9 Å². The number of imidazole rings is 1. The Bertz CT molecular complexity index is 1230. The molecule has 3 heterocycles. The van der Waals surface area contributed by atoms with Gasteiger partial charge in [-0.25, -0.2) is 4.98 Å². The highest BCUT2D eigenvalue weighted by Crippen LogP contribution is 2.37. The van der Waals surface area contributed by atoms with Crippen LogP contribution in [0.2, 0.25) is 0 Å². The number of fused-ring (bicyclic) bond motifs is 1. The molecule has 3 aromatic heterocycles. The zero-order valence-corrected chi connectivity index (χ0v) is 16.2. The van der Waals surface area contributed by atoms with Gasteiger partial charge >= 0.3 is 12.4 Å². The third-order valence-corrected chi connectivity index (χ3v) is 4.86. The van der Waals surface area contributed by atoms with Crippen LogP contribution in [0.15, 0.2) is 53.3 Å². The highest BCUT2D eigenvalue weighted by molar-refractivity contribution is 9.10. The summed E-state index contributed by atoms with van der Waals surface area (Å²) < 4.78 is 78.7. The van der Waals surface area contributed by atoms with Gasteiger partial charge in [0.15, 0.2) is 5.82 Å². The summed E-state index contributed by atoms with van der Waals surface area (Å²) in [5.41, 5.74) is -1.22. The van der Waals surface area contributed by atoms with Crippen LogP contribution < -0.4 is 0 Å². The summed E-state index contributed by atoms with van der Waals surface area (Å²) in [7, 11) is 0. The second-order valence-corrected chi connectivity index (χ2v) is 7.12. The molecule has 0 fully saturated rings. The summed E-state index contributed by atoms with van der Waals surface area (Å²) in [4.78, 5) is 14.9. The van der Waals surface area contributed by atoms with Crippen LogP contribution >= 0.6 is 15.9 Å². The SMILES string of the molecule is FC(F)(F)c1cc(Br)c2nc(-c3ccc(-c4ncccc4C(F)(F)F)cn3)[nH]c2c1. The van der Waals surface area contributed by atoms with Crippen LogP contribution in [0.25, 0.3) is 33.8 Å². The van der Waals surface area contributed by atoms with Gasteiger partial charge in [0, 0.05) is 22.4 Å². The minimum absolute atomic E-state index is 0.140. The summed E-state index contributed by atoms with van der Waals surface area (Å²) in [6.45, 7) is 0. The Morgan fingerprint density at radius 1 is 0.900 bits per heavy atom. The molecule has 0 aliphatic carbocycles. The van der Waals surface area contributed by atoms with Crippen LogP contribution in [0.1, 0.15) is 11.1 Å². The second kappa shape index (κ2) is 7.08. The van der Waals surface area contributed by atoms with Gasteiger partial charge in [-0.1, -0.05) is 0 Å². The number of H-pyrrole nitrogens is 1. The van der Waals surface area contributed by atoms with E-state index >= 15 is 0 Å². The van der Waals surface area contributed by atoms with Crippen molar-refractivity contribution >= 4 is 27.0 Å². The van der Waals surface area contributed by atoms with Crippen molar-refractivity contribution in [2.45, 2.75) is 12.4 Å². The molecule has 0 spiro atoms. The minimum atomic E-state index is -4.58. The molecule has 11 heteroatoms. The maximum atomic E-state index is 13.2. The Labute approximate surface area is 173 Å². The van der Waals surface area contributed by atoms with Crippen LogP contribution in [0.3, 0.4) is 0 Å². The van der Waals surface area contributed by atoms with Crippen LogP contribution in [0, 0.1) is 0 Å². The number of rotatable bonds is 2. The number of aromatic nitrogens is 4. The molecule has 0 unspecified atom stereocenters. The Morgan fingerprint density at radius 2 is 1.67 bits per heavy atom. The third-order valence-electron chi connectivity index (χ3n) is 4.26. The fraction of sp³-hybridized carbons (Fsp3) is 0.105. The zero-order valence-electron chi connectivity index (χ0n) is 14.6. The smallest absolute Gasteiger partial charge is 0.337 e. The maximum Gasteiger partial charge on any atom is 0.418 e. The van der Waals surface area contributed by atoms with Gasteiger partial charge in [-0.2, -0.15) is 26.3 Å². The van der Waals surface area contributed by atoms with Crippen molar-refractivity contribution in [2.75, 3.05) is 0 Å². The first-order valence-electron chi connectivity index (χ1n) is 8.29. The molecule has 154 valence electrons. The first-order valence-corrected chi connectivity index (χ1v) is 9.09. The van der Waals surface area contributed by atoms with Crippen LogP contribution in [0.4, 0.5) is 26.3 Å². The predicted octanol–water partition coefficient (Wildman–Crippen LogP) is 6.49. The summed E-state index contributed by atoms with van der Waals surface area (Å²) in [5, 5.41) is 0. The summed E-state index contributed by atoms with van der Waals surface area (Å²) >= 11 is 3.08. The molecular formula is C19H9BrF6N4. The van der Waals surface area contributed by atoms with E-state index in [0.717, 1.165) is 18.2 Å². The van der Waals surface area contributed by atoms with Crippen LogP contribution in [-0.2, 0) is 12.4 Å². The summed E-state index contributed by atoms with van der Waals surface area (Å²) in [5.74, 6) is 0.175. The Balaban J connectivity index is 1.74. The highest BCUT2D eigenvalue weighted by Gasteiger charge is 2.34. The first kappa shape index (κ1) is 20.3. The normalized spacial score (nSPS) is 12.5. The molecule has 0 saturated heterocycles. The van der Waals surface area contributed by atoms with E-state index in [1.165, 1.54) is 30.6 Å². The van der Waals surface area contributed by atoms with E-state index in [9.17, 15) is 26.3 Å². The van der Waals surface area contributed by atoms with E-state index in [1.807, 2.05) is 0 Å². The number of pyridine rings is 2. The molecule has 30 heavy (non-hydrogen) atoms. The molecule has 1 aromatic carbocycles. The monoisotopic (exact) mass is 486 g/mol. The number of nitrogens with zero attached hydrogens (tertiary/aromatic N) is 3. The van der Waals surface area contributed by atoms with Crippen molar-refractivity contribution in [3.05, 3.63) is 64.4 Å². The Hall–Kier alpha value is -2.95. The van der Waals surface area contributed by atoms with E-state index in [4.69, 9.17) is 0 Å². The van der Waals surface area contributed by atoms with E-state index < -0.39 is 23.5 Å². The number of hydrogen-bond acceptors (Lipinski definition) is 3. The molecule has 0 atom stereocenters. The number of benzene rings is 1. The fourth-order valence-corrected chi connectivity index (χ4v) is 3.45. The van der Waals surface area contributed by atoms with Gasteiger partial charge in [-0.3, -0.25) is 9.97 Å². The number of hydrogen-bond donors (Lipinski definition) is 1. The van der Waals surface area contributed by atoms with Gasteiger partial charge in [0.05, 0.1) is 22.3 Å². The van der Waals surface area contributed by atoms with Crippen molar-refractivity contribution < 1.29 is 26.3 Å². The molecule has 0 aliphatic rings. The van der Waals surface area contributed by atoms with Gasteiger partial charge in [-0.15, -0.1) is 0 Å². The standard InChI is InChI=1S/C19H9BrF6N4/c20-12-6-10(18(21,22)23)7-14-16(12)30-17(29-14)13-4-3-9(8-28-13)15-11(19(24,25)26)2-1-5-27-15/h1-8H,(H,29,30). The molecular weight excluding hydrogens is 478 g/mol. The molecule has 4 nitrogen and oxygen atoms in total. The molecule has 0 saturated carbocycles. The van der Waals surface area contributed by atoms with Gasteiger partial charge in [0.1, 0.15) is 11.2 Å². The lowest BCUT2D eigenvalue weighted by atomic mass is 10.1. The largest absolute Gasteiger partial charge is 0.418 e. The molecule has 1 N–H and O–H groups in total. The third kappa shape index (κ3) is 3.76. The molecule has 0 bridgehead atoms.